The highest BCUT2D eigenvalue weighted by molar-refractivity contribution is 7.91. The van der Waals surface area contributed by atoms with Crippen molar-refractivity contribution in [2.75, 3.05) is 0 Å². The molecule has 0 amide bonds. The third-order valence-corrected chi connectivity index (χ3v) is 4.92. The van der Waals surface area contributed by atoms with Crippen molar-refractivity contribution >= 4 is 27.3 Å². The van der Waals surface area contributed by atoms with E-state index in [1.807, 2.05) is 0 Å². The molecule has 18 heavy (non-hydrogen) atoms. The molecule has 8 nitrogen and oxygen atoms in total. The number of rotatable bonds is 5. The van der Waals surface area contributed by atoms with E-state index >= 15 is 0 Å². The first-order valence-electron chi connectivity index (χ1n) is 4.66. The first kappa shape index (κ1) is 12.7. The summed E-state index contributed by atoms with van der Waals surface area (Å²) < 4.78 is 25.8. The van der Waals surface area contributed by atoms with Gasteiger partial charge in [-0.25, -0.2) is 22.9 Å². The van der Waals surface area contributed by atoms with E-state index in [0.717, 1.165) is 0 Å². The molecular formula is C8H8N4O4S2. The van der Waals surface area contributed by atoms with Crippen LogP contribution in [0.25, 0.3) is 0 Å². The summed E-state index contributed by atoms with van der Waals surface area (Å²) in [6, 6.07) is 2.49. The van der Waals surface area contributed by atoms with E-state index in [2.05, 4.69) is 19.9 Å². The molecule has 0 radical (unpaired) electrons. The van der Waals surface area contributed by atoms with Crippen LogP contribution in [-0.2, 0) is 16.6 Å². The summed E-state index contributed by atoms with van der Waals surface area (Å²) in [5, 5.41) is 14.8. The van der Waals surface area contributed by atoms with Gasteiger partial charge in [-0.2, -0.15) is 5.10 Å². The number of hydrogen-bond acceptors (Lipinski definition) is 6. The van der Waals surface area contributed by atoms with Crippen LogP contribution in [0.3, 0.4) is 0 Å². The fourth-order valence-electron chi connectivity index (χ4n) is 1.13. The average molecular weight is 288 g/mol. The van der Waals surface area contributed by atoms with Gasteiger partial charge in [-0.1, -0.05) is 0 Å². The highest BCUT2D eigenvalue weighted by Crippen LogP contribution is 2.21. The summed E-state index contributed by atoms with van der Waals surface area (Å²) in [6.45, 7) is -0.0390. The zero-order valence-corrected chi connectivity index (χ0v) is 10.5. The number of thiophene rings is 1. The predicted molar refractivity (Wildman–Crippen MR) is 61.7 cm³/mol. The minimum atomic E-state index is -3.73. The molecule has 10 heteroatoms. The smallest absolute Gasteiger partial charge is 0.345 e. The Morgan fingerprint density at radius 3 is 2.83 bits per heavy atom. The molecule has 2 rings (SSSR count). The third-order valence-electron chi connectivity index (χ3n) is 1.95. The van der Waals surface area contributed by atoms with Crippen LogP contribution in [-0.4, -0.2) is 34.7 Å². The highest BCUT2D eigenvalue weighted by atomic mass is 32.2. The summed E-state index contributed by atoms with van der Waals surface area (Å²) >= 11 is 0.689. The molecule has 0 saturated heterocycles. The Labute approximate surface area is 106 Å². The maximum atomic E-state index is 11.8. The van der Waals surface area contributed by atoms with Gasteiger partial charge in [0, 0.05) is 0 Å². The van der Waals surface area contributed by atoms with Crippen molar-refractivity contribution in [3.8, 4) is 0 Å². The Hall–Kier alpha value is -1.78. The molecule has 2 heterocycles. The largest absolute Gasteiger partial charge is 0.477 e. The molecule has 3 N–H and O–H groups in total. The first-order valence-corrected chi connectivity index (χ1v) is 6.96. The Kier molecular flexibility index (Phi) is 3.41. The number of aromatic carboxylic acids is 1. The standard InChI is InChI=1S/C8H8N4O4S2/c13-8(14)5-1-2-7(17-5)18(15,16)11-3-6-9-4-10-12-6/h1-2,4,11H,3H2,(H,13,14)(H,9,10,12). The molecule has 0 aliphatic heterocycles. The van der Waals surface area contributed by atoms with Crippen molar-refractivity contribution in [2.45, 2.75) is 10.8 Å². The number of sulfonamides is 1. The van der Waals surface area contributed by atoms with E-state index in [-0.39, 0.29) is 15.6 Å². The molecule has 0 atom stereocenters. The fraction of sp³-hybridized carbons (Fsp3) is 0.125. The molecule has 0 aliphatic carbocycles. The van der Waals surface area contributed by atoms with Crippen LogP contribution in [0.4, 0.5) is 0 Å². The van der Waals surface area contributed by atoms with Crippen LogP contribution in [0.1, 0.15) is 15.5 Å². The topological polar surface area (TPSA) is 125 Å². The van der Waals surface area contributed by atoms with Gasteiger partial charge in [-0.05, 0) is 12.1 Å². The van der Waals surface area contributed by atoms with E-state index in [1.165, 1.54) is 18.5 Å². The molecule has 0 fully saturated rings. The maximum Gasteiger partial charge on any atom is 0.345 e. The second-order valence-corrected chi connectivity index (χ2v) is 6.26. The lowest BCUT2D eigenvalue weighted by Crippen LogP contribution is -2.23. The monoisotopic (exact) mass is 288 g/mol. The van der Waals surface area contributed by atoms with E-state index in [9.17, 15) is 13.2 Å². The number of aromatic amines is 1. The van der Waals surface area contributed by atoms with Gasteiger partial charge in [0.15, 0.2) is 0 Å². The van der Waals surface area contributed by atoms with Crippen molar-refractivity contribution in [1.82, 2.24) is 19.9 Å². The van der Waals surface area contributed by atoms with E-state index in [1.54, 1.807) is 0 Å². The van der Waals surface area contributed by atoms with E-state index in [0.29, 0.717) is 17.2 Å². The first-order chi connectivity index (χ1) is 8.49. The van der Waals surface area contributed by atoms with Crippen LogP contribution in [0.2, 0.25) is 0 Å². The third kappa shape index (κ3) is 2.72. The summed E-state index contributed by atoms with van der Waals surface area (Å²) in [7, 11) is -3.73. The summed E-state index contributed by atoms with van der Waals surface area (Å²) in [5.41, 5.74) is 0. The maximum absolute atomic E-state index is 11.8. The van der Waals surface area contributed by atoms with Gasteiger partial charge < -0.3 is 5.11 Å². The summed E-state index contributed by atoms with van der Waals surface area (Å²) in [5.74, 6) is -0.787. The Balaban J connectivity index is 2.12. The quantitative estimate of drug-likeness (QED) is 0.713. The molecule has 0 aromatic carbocycles. The molecule has 2 aromatic heterocycles. The number of nitrogens with zero attached hydrogens (tertiary/aromatic N) is 2. The molecule has 96 valence electrons. The molecule has 0 bridgehead atoms. The van der Waals surface area contributed by atoms with Gasteiger partial charge in [-0.15, -0.1) is 11.3 Å². The normalized spacial score (nSPS) is 11.6. The Morgan fingerprint density at radius 2 is 2.28 bits per heavy atom. The SMILES string of the molecule is O=C(O)c1ccc(S(=O)(=O)NCc2ncn[nH]2)s1. The Morgan fingerprint density at radius 1 is 1.50 bits per heavy atom. The van der Waals surface area contributed by atoms with Crippen LogP contribution in [0, 0.1) is 0 Å². The van der Waals surface area contributed by atoms with Crippen molar-refractivity contribution < 1.29 is 18.3 Å². The lowest BCUT2D eigenvalue weighted by Gasteiger charge is -2.01. The lowest BCUT2D eigenvalue weighted by atomic mass is 10.5. The molecule has 0 spiro atoms. The van der Waals surface area contributed by atoms with E-state index in [4.69, 9.17) is 5.11 Å². The number of H-pyrrole nitrogens is 1. The molecule has 0 unspecified atom stereocenters. The number of carboxylic acids is 1. The predicted octanol–water partition coefficient (Wildman–Crippen LogP) is 0.0429. The van der Waals surface area contributed by atoms with Gasteiger partial charge >= 0.3 is 5.97 Å². The summed E-state index contributed by atoms with van der Waals surface area (Å²) in [4.78, 5) is 14.4. The van der Waals surface area contributed by atoms with Crippen LogP contribution >= 0.6 is 11.3 Å². The average Bonchev–Trinajstić information content (AvgIpc) is 2.98. The zero-order valence-electron chi connectivity index (χ0n) is 8.82. The minimum absolute atomic E-state index is 0.0324. The van der Waals surface area contributed by atoms with Gasteiger partial charge in [0.2, 0.25) is 10.0 Å². The van der Waals surface area contributed by atoms with Crippen LogP contribution in [0.5, 0.6) is 0 Å². The molecule has 2 aromatic rings. The van der Waals surface area contributed by atoms with Crippen molar-refractivity contribution in [3.63, 3.8) is 0 Å². The zero-order chi connectivity index (χ0) is 13.2. The van der Waals surface area contributed by atoms with Gasteiger partial charge in [0.25, 0.3) is 0 Å². The van der Waals surface area contributed by atoms with Crippen molar-refractivity contribution in [1.29, 1.82) is 0 Å². The van der Waals surface area contributed by atoms with Crippen LogP contribution < -0.4 is 4.72 Å². The second-order valence-electron chi connectivity index (χ2n) is 3.18. The molecule has 0 saturated carbocycles. The lowest BCUT2D eigenvalue weighted by molar-refractivity contribution is 0.0702. The number of carbonyl (C=O) groups is 1. The number of nitrogens with one attached hydrogen (secondary N) is 2. The van der Waals surface area contributed by atoms with Crippen molar-refractivity contribution in [3.05, 3.63) is 29.2 Å². The van der Waals surface area contributed by atoms with Gasteiger partial charge in [-0.3, -0.25) is 5.10 Å². The molecule has 0 aliphatic rings. The second kappa shape index (κ2) is 4.84. The van der Waals surface area contributed by atoms with Crippen LogP contribution in [0.15, 0.2) is 22.7 Å². The number of hydrogen-bond donors (Lipinski definition) is 3. The van der Waals surface area contributed by atoms with E-state index < -0.39 is 16.0 Å². The molecular weight excluding hydrogens is 280 g/mol. The van der Waals surface area contributed by atoms with Gasteiger partial charge in [0.05, 0.1) is 6.54 Å². The highest BCUT2D eigenvalue weighted by Gasteiger charge is 2.18. The minimum Gasteiger partial charge on any atom is -0.477 e. The summed E-state index contributed by atoms with van der Waals surface area (Å²) in [6.07, 6.45) is 1.26. The Bertz CT molecular complexity index is 646. The van der Waals surface area contributed by atoms with Gasteiger partial charge in [0.1, 0.15) is 21.2 Å². The fourth-order valence-corrected chi connectivity index (χ4v) is 3.31. The van der Waals surface area contributed by atoms with Crippen molar-refractivity contribution in [2.24, 2.45) is 0 Å². The number of carboxylic acid groups (broad SMARTS) is 1. The number of aromatic nitrogens is 3.